The minimum Gasteiger partial charge on any atom is -0.494 e. The summed E-state index contributed by atoms with van der Waals surface area (Å²) >= 11 is 0. The Morgan fingerprint density at radius 3 is 2.22 bits per heavy atom. The fourth-order valence-electron chi connectivity index (χ4n) is 1.54. The van der Waals surface area contributed by atoms with Crippen LogP contribution in [0.3, 0.4) is 0 Å². The van der Waals surface area contributed by atoms with Crippen LogP contribution in [0.4, 0.5) is 0 Å². The molecule has 0 saturated carbocycles. The molecule has 0 radical (unpaired) electrons. The van der Waals surface area contributed by atoms with Crippen molar-refractivity contribution < 1.29 is 19.4 Å². The van der Waals surface area contributed by atoms with Gasteiger partial charge in [-0.1, -0.05) is 0 Å². The van der Waals surface area contributed by atoms with Crippen LogP contribution < -0.4 is 9.47 Å². The van der Waals surface area contributed by atoms with E-state index in [0.29, 0.717) is 19.6 Å². The molecule has 0 spiro atoms. The Morgan fingerprint density at radius 1 is 1.06 bits per heavy atom. The molecule has 4 nitrogen and oxygen atoms in total. The number of hydrogen-bond acceptors (Lipinski definition) is 3. The van der Waals surface area contributed by atoms with Gasteiger partial charge in [0.05, 0.1) is 13.2 Å². The Morgan fingerprint density at radius 2 is 1.67 bits per heavy atom. The molecule has 0 amide bonds. The Kier molecular flexibility index (Phi) is 6.69. The summed E-state index contributed by atoms with van der Waals surface area (Å²) in [6.45, 7) is 3.22. The van der Waals surface area contributed by atoms with Crippen molar-refractivity contribution in [3.63, 3.8) is 0 Å². The van der Waals surface area contributed by atoms with Gasteiger partial charge in [-0.3, -0.25) is 4.79 Å². The molecule has 18 heavy (non-hydrogen) atoms. The molecule has 4 heteroatoms. The van der Waals surface area contributed by atoms with Crippen LogP contribution in [0.15, 0.2) is 24.3 Å². The maximum Gasteiger partial charge on any atom is 0.303 e. The number of carboxylic acids is 1. The number of aliphatic carboxylic acids is 1. The molecule has 1 N–H and O–H groups in total. The summed E-state index contributed by atoms with van der Waals surface area (Å²) in [5, 5.41) is 8.47. The zero-order valence-corrected chi connectivity index (χ0v) is 10.7. The molecule has 0 aliphatic heterocycles. The van der Waals surface area contributed by atoms with E-state index in [4.69, 9.17) is 14.6 Å². The SMILES string of the molecule is CCOc1ccc(OCCCCCC(=O)O)cc1. The number of unbranched alkanes of at least 4 members (excludes halogenated alkanes) is 2. The van der Waals surface area contributed by atoms with Crippen LogP contribution >= 0.6 is 0 Å². The quantitative estimate of drug-likeness (QED) is 0.686. The minimum atomic E-state index is -0.734. The highest BCUT2D eigenvalue weighted by Gasteiger charge is 1.98. The largest absolute Gasteiger partial charge is 0.494 e. The lowest BCUT2D eigenvalue weighted by Crippen LogP contribution is -1.99. The highest BCUT2D eigenvalue weighted by atomic mass is 16.5. The maximum atomic E-state index is 10.3. The van der Waals surface area contributed by atoms with Crippen molar-refractivity contribution in [3.05, 3.63) is 24.3 Å². The Labute approximate surface area is 108 Å². The van der Waals surface area contributed by atoms with E-state index < -0.39 is 5.97 Å². The lowest BCUT2D eigenvalue weighted by molar-refractivity contribution is -0.137. The zero-order chi connectivity index (χ0) is 13.2. The van der Waals surface area contributed by atoms with E-state index in [9.17, 15) is 4.79 Å². The van der Waals surface area contributed by atoms with E-state index in [1.807, 2.05) is 31.2 Å². The summed E-state index contributed by atoms with van der Waals surface area (Å²) in [5.74, 6) is 0.922. The Bertz CT molecular complexity index is 345. The van der Waals surface area contributed by atoms with Crippen molar-refractivity contribution in [2.75, 3.05) is 13.2 Å². The van der Waals surface area contributed by atoms with Crippen molar-refractivity contribution in [1.82, 2.24) is 0 Å². The molecule has 1 rings (SSSR count). The van der Waals surface area contributed by atoms with Crippen LogP contribution in [0.2, 0.25) is 0 Å². The summed E-state index contributed by atoms with van der Waals surface area (Å²) in [5.41, 5.74) is 0. The van der Waals surface area contributed by atoms with E-state index in [-0.39, 0.29) is 6.42 Å². The Balaban J connectivity index is 2.13. The molecule has 0 aliphatic carbocycles. The zero-order valence-electron chi connectivity index (χ0n) is 10.7. The Hall–Kier alpha value is -1.71. The van der Waals surface area contributed by atoms with Gasteiger partial charge in [0.15, 0.2) is 0 Å². The number of carboxylic acid groups (broad SMARTS) is 1. The summed E-state index contributed by atoms with van der Waals surface area (Å²) in [7, 11) is 0. The van der Waals surface area contributed by atoms with Crippen LogP contribution in [-0.4, -0.2) is 24.3 Å². The standard InChI is InChI=1S/C14H20O4/c1-2-17-12-7-9-13(10-8-12)18-11-5-3-4-6-14(15)16/h7-10H,2-6,11H2,1H3,(H,15,16). The predicted octanol–water partition coefficient (Wildman–Crippen LogP) is 3.11. The molecule has 0 heterocycles. The fourth-order valence-corrected chi connectivity index (χ4v) is 1.54. The molecular weight excluding hydrogens is 232 g/mol. The first-order valence-corrected chi connectivity index (χ1v) is 6.30. The first kappa shape index (κ1) is 14.4. The third kappa shape index (κ3) is 6.13. The highest BCUT2D eigenvalue weighted by Crippen LogP contribution is 2.17. The molecule has 0 aromatic heterocycles. The van der Waals surface area contributed by atoms with Gasteiger partial charge in [0.1, 0.15) is 11.5 Å². The van der Waals surface area contributed by atoms with Gasteiger partial charge in [0, 0.05) is 6.42 Å². The number of hydrogen-bond donors (Lipinski definition) is 1. The lowest BCUT2D eigenvalue weighted by atomic mass is 10.2. The molecule has 0 atom stereocenters. The molecule has 0 unspecified atom stereocenters. The van der Waals surface area contributed by atoms with Crippen LogP contribution in [0.1, 0.15) is 32.6 Å². The summed E-state index contributed by atoms with van der Waals surface area (Å²) < 4.78 is 10.9. The molecule has 100 valence electrons. The van der Waals surface area contributed by atoms with Crippen LogP contribution in [0.25, 0.3) is 0 Å². The average molecular weight is 252 g/mol. The first-order valence-electron chi connectivity index (χ1n) is 6.30. The number of ether oxygens (including phenoxy) is 2. The van der Waals surface area contributed by atoms with Crippen LogP contribution in [0, 0.1) is 0 Å². The smallest absolute Gasteiger partial charge is 0.303 e. The summed E-state index contributed by atoms with van der Waals surface area (Å²) in [6.07, 6.45) is 2.70. The molecular formula is C14H20O4. The van der Waals surface area contributed by atoms with Crippen molar-refractivity contribution in [1.29, 1.82) is 0 Å². The van der Waals surface area contributed by atoms with E-state index in [2.05, 4.69) is 0 Å². The number of carbonyl (C=O) groups is 1. The third-order valence-electron chi connectivity index (χ3n) is 2.44. The second-order valence-corrected chi connectivity index (χ2v) is 3.96. The normalized spacial score (nSPS) is 10.1. The van der Waals surface area contributed by atoms with E-state index in [0.717, 1.165) is 24.3 Å². The monoisotopic (exact) mass is 252 g/mol. The van der Waals surface area contributed by atoms with Gasteiger partial charge in [-0.2, -0.15) is 0 Å². The van der Waals surface area contributed by atoms with Gasteiger partial charge < -0.3 is 14.6 Å². The second kappa shape index (κ2) is 8.39. The fraction of sp³-hybridized carbons (Fsp3) is 0.500. The second-order valence-electron chi connectivity index (χ2n) is 3.96. The van der Waals surface area contributed by atoms with Gasteiger partial charge in [-0.05, 0) is 50.5 Å². The van der Waals surface area contributed by atoms with Gasteiger partial charge in [-0.25, -0.2) is 0 Å². The third-order valence-corrected chi connectivity index (χ3v) is 2.44. The van der Waals surface area contributed by atoms with Gasteiger partial charge in [-0.15, -0.1) is 0 Å². The topological polar surface area (TPSA) is 55.8 Å². The minimum absolute atomic E-state index is 0.239. The molecule has 0 fully saturated rings. The maximum absolute atomic E-state index is 10.3. The van der Waals surface area contributed by atoms with Crippen LogP contribution in [0.5, 0.6) is 11.5 Å². The average Bonchev–Trinajstić information content (AvgIpc) is 2.35. The van der Waals surface area contributed by atoms with Crippen molar-refractivity contribution >= 4 is 5.97 Å². The molecule has 0 saturated heterocycles. The first-order chi connectivity index (χ1) is 8.72. The van der Waals surface area contributed by atoms with Crippen molar-refractivity contribution in [3.8, 4) is 11.5 Å². The van der Waals surface area contributed by atoms with Crippen molar-refractivity contribution in [2.45, 2.75) is 32.6 Å². The van der Waals surface area contributed by atoms with E-state index in [1.165, 1.54) is 0 Å². The predicted molar refractivity (Wildman–Crippen MR) is 69.2 cm³/mol. The van der Waals surface area contributed by atoms with E-state index >= 15 is 0 Å². The molecule has 1 aromatic carbocycles. The van der Waals surface area contributed by atoms with Crippen LogP contribution in [-0.2, 0) is 4.79 Å². The summed E-state index contributed by atoms with van der Waals surface area (Å²) in [6, 6.07) is 7.51. The van der Waals surface area contributed by atoms with Gasteiger partial charge in [0.2, 0.25) is 0 Å². The van der Waals surface area contributed by atoms with Crippen molar-refractivity contribution in [2.24, 2.45) is 0 Å². The lowest BCUT2D eigenvalue weighted by Gasteiger charge is -2.07. The van der Waals surface area contributed by atoms with Gasteiger partial charge >= 0.3 is 5.97 Å². The molecule has 1 aromatic rings. The van der Waals surface area contributed by atoms with E-state index in [1.54, 1.807) is 0 Å². The van der Waals surface area contributed by atoms with Gasteiger partial charge in [0.25, 0.3) is 0 Å². The summed E-state index contributed by atoms with van der Waals surface area (Å²) in [4.78, 5) is 10.3. The highest BCUT2D eigenvalue weighted by molar-refractivity contribution is 5.66. The number of benzene rings is 1. The molecule has 0 aliphatic rings. The number of rotatable bonds is 9. The molecule has 0 bridgehead atoms.